The summed E-state index contributed by atoms with van der Waals surface area (Å²) in [4.78, 5) is 62.7. The summed E-state index contributed by atoms with van der Waals surface area (Å²) < 4.78 is 5.00. The highest BCUT2D eigenvalue weighted by molar-refractivity contribution is 5.95. The maximum atomic E-state index is 12.6. The molecule has 5 aromatic rings. The van der Waals surface area contributed by atoms with Crippen LogP contribution >= 0.6 is 12.4 Å². The van der Waals surface area contributed by atoms with Gasteiger partial charge in [-0.2, -0.15) is 0 Å². The van der Waals surface area contributed by atoms with Gasteiger partial charge in [-0.1, -0.05) is 6.07 Å². The van der Waals surface area contributed by atoms with E-state index >= 15 is 0 Å². The van der Waals surface area contributed by atoms with Crippen LogP contribution in [0, 0.1) is 10.8 Å². The monoisotopic (exact) mass is 704 g/mol. The molecular formula is C32H33ClN10O7. The molecule has 1 atom stereocenters. The van der Waals surface area contributed by atoms with E-state index in [1.54, 1.807) is 66.9 Å². The lowest BCUT2D eigenvalue weighted by molar-refractivity contribution is -0.139. The normalized spacial score (nSPS) is 10.9. The lowest BCUT2D eigenvalue weighted by Crippen LogP contribution is -2.35. The van der Waals surface area contributed by atoms with Crippen molar-refractivity contribution in [2.24, 2.45) is 11.5 Å². The van der Waals surface area contributed by atoms with E-state index in [2.05, 4.69) is 10.3 Å². The third kappa shape index (κ3) is 9.64. The fraction of sp³-hybridized carbons (Fsp3) is 0.125. The quantitative estimate of drug-likeness (QED) is 0.0717. The Labute approximate surface area is 289 Å². The topological polar surface area (TPSA) is 270 Å². The van der Waals surface area contributed by atoms with Gasteiger partial charge in [-0.3, -0.25) is 48.5 Å². The number of aromatic nitrogens is 5. The molecule has 0 spiro atoms. The van der Waals surface area contributed by atoms with Crippen LogP contribution in [-0.2, 0) is 27.5 Å². The number of nitrogen functional groups attached to an aromatic ring is 2. The summed E-state index contributed by atoms with van der Waals surface area (Å²) in [5.74, 6) is -2.78. The number of rotatable bonds is 12. The van der Waals surface area contributed by atoms with Crippen molar-refractivity contribution in [3.05, 3.63) is 136 Å². The summed E-state index contributed by atoms with van der Waals surface area (Å²) in [5, 5.41) is 35.1. The minimum absolute atomic E-state index is 0. The number of carboxylic acids is 2. The van der Waals surface area contributed by atoms with Crippen LogP contribution in [-0.4, -0.2) is 63.0 Å². The van der Waals surface area contributed by atoms with E-state index in [1.807, 2.05) is 0 Å². The standard InChI is InChI=1S/C20H20N6O4.C12H12N4O3.ClH/c21-19(22)13-3-5-15(6-4-13)26-9-8-25(20(26)30)12-17(27)24-16(10-18(28)29)14-2-1-7-23-11-14;13-11(14)8-1-3-9(4-2-8)16-6-5-15(12(16)19)7-10(17)18;/h1-9,11,16H,10,12H2,(H3,21,22)(H,24,27)(H,28,29);1-6H,7H2,(H3,13,14)(H,17,18);1H. The molecule has 0 saturated carbocycles. The molecule has 0 radical (unpaired) electrons. The lowest BCUT2D eigenvalue weighted by atomic mass is 10.1. The molecule has 0 fully saturated rings. The summed E-state index contributed by atoms with van der Waals surface area (Å²) in [6.45, 7) is -0.648. The predicted molar refractivity (Wildman–Crippen MR) is 184 cm³/mol. The number of hydrogen-bond donors (Lipinski definition) is 7. The Morgan fingerprint density at radius 3 is 1.62 bits per heavy atom. The van der Waals surface area contributed by atoms with Gasteiger partial charge in [0.25, 0.3) is 0 Å². The average molecular weight is 705 g/mol. The largest absolute Gasteiger partial charge is 0.481 e. The molecular weight excluding hydrogens is 672 g/mol. The number of imidazole rings is 2. The summed E-state index contributed by atoms with van der Waals surface area (Å²) in [6.07, 6.45) is 8.63. The van der Waals surface area contributed by atoms with Crippen LogP contribution in [0.4, 0.5) is 0 Å². The molecule has 0 aliphatic heterocycles. The number of nitrogens with two attached hydrogens (primary N) is 2. The Hall–Kier alpha value is -6.75. The molecule has 1 amide bonds. The van der Waals surface area contributed by atoms with Gasteiger partial charge in [0.2, 0.25) is 5.91 Å². The number of amidine groups is 2. The number of hydrogen-bond acceptors (Lipinski definition) is 8. The summed E-state index contributed by atoms with van der Waals surface area (Å²) >= 11 is 0. The molecule has 50 heavy (non-hydrogen) atoms. The van der Waals surface area contributed by atoms with E-state index in [-0.39, 0.29) is 43.6 Å². The highest BCUT2D eigenvalue weighted by Gasteiger charge is 2.19. The Morgan fingerprint density at radius 2 is 1.22 bits per heavy atom. The van der Waals surface area contributed by atoms with Crippen LogP contribution in [0.3, 0.4) is 0 Å². The molecule has 2 aromatic carbocycles. The molecule has 0 aliphatic carbocycles. The number of benzene rings is 2. The van der Waals surface area contributed by atoms with Crippen LogP contribution in [0.5, 0.6) is 0 Å². The maximum Gasteiger partial charge on any atom is 0.333 e. The first-order valence-electron chi connectivity index (χ1n) is 14.4. The molecule has 260 valence electrons. The van der Waals surface area contributed by atoms with E-state index in [0.29, 0.717) is 28.1 Å². The molecule has 17 nitrogen and oxygen atoms in total. The number of pyridine rings is 1. The minimum Gasteiger partial charge on any atom is -0.481 e. The number of aliphatic carboxylic acids is 2. The van der Waals surface area contributed by atoms with E-state index in [9.17, 15) is 24.0 Å². The second-order valence-electron chi connectivity index (χ2n) is 10.5. The van der Waals surface area contributed by atoms with Crippen molar-refractivity contribution in [1.82, 2.24) is 28.6 Å². The zero-order valence-corrected chi connectivity index (χ0v) is 27.0. The second-order valence-corrected chi connectivity index (χ2v) is 10.5. The summed E-state index contributed by atoms with van der Waals surface area (Å²) in [5.41, 5.74) is 12.7. The van der Waals surface area contributed by atoms with Crippen molar-refractivity contribution in [3.8, 4) is 11.4 Å². The van der Waals surface area contributed by atoms with E-state index in [0.717, 1.165) is 4.57 Å². The van der Waals surface area contributed by atoms with Crippen LogP contribution < -0.4 is 28.2 Å². The van der Waals surface area contributed by atoms with Gasteiger partial charge in [-0.05, 0) is 60.2 Å². The van der Waals surface area contributed by atoms with Crippen molar-refractivity contribution in [1.29, 1.82) is 10.8 Å². The second kappa shape index (κ2) is 16.9. The van der Waals surface area contributed by atoms with Crippen LogP contribution in [0.2, 0.25) is 0 Å². The first kappa shape index (κ1) is 37.7. The molecule has 5 rings (SSSR count). The Bertz CT molecular complexity index is 2100. The smallest absolute Gasteiger partial charge is 0.333 e. The Morgan fingerprint density at radius 1 is 0.740 bits per heavy atom. The lowest BCUT2D eigenvalue weighted by Gasteiger charge is -2.17. The molecule has 3 aromatic heterocycles. The first-order chi connectivity index (χ1) is 23.3. The summed E-state index contributed by atoms with van der Waals surface area (Å²) in [7, 11) is 0. The SMILES string of the molecule is Cl.N=C(N)c1ccc(-n2ccn(CC(=O)NC(CC(=O)O)c3cccnc3)c2=O)cc1.N=C(N)c1ccc(-n2ccn(CC(=O)O)c2=O)cc1. The maximum absolute atomic E-state index is 12.6. The number of nitrogens with one attached hydrogen (secondary N) is 3. The van der Waals surface area contributed by atoms with Crippen molar-refractivity contribution in [2.45, 2.75) is 25.6 Å². The highest BCUT2D eigenvalue weighted by Crippen LogP contribution is 2.16. The fourth-order valence-electron chi connectivity index (χ4n) is 4.61. The number of nitrogens with zero attached hydrogens (tertiary/aromatic N) is 5. The third-order valence-corrected chi connectivity index (χ3v) is 7.03. The third-order valence-electron chi connectivity index (χ3n) is 7.03. The van der Waals surface area contributed by atoms with Gasteiger partial charge in [0.15, 0.2) is 0 Å². The number of amides is 1. The van der Waals surface area contributed by atoms with Crippen LogP contribution in [0.15, 0.2) is 107 Å². The van der Waals surface area contributed by atoms with Gasteiger partial charge < -0.3 is 27.0 Å². The molecule has 0 bridgehead atoms. The van der Waals surface area contributed by atoms with Gasteiger partial charge in [-0.15, -0.1) is 12.4 Å². The van der Waals surface area contributed by atoms with E-state index < -0.39 is 35.3 Å². The molecule has 18 heteroatoms. The van der Waals surface area contributed by atoms with E-state index in [4.69, 9.17) is 32.5 Å². The van der Waals surface area contributed by atoms with Gasteiger partial charge in [0.1, 0.15) is 24.8 Å². The molecule has 0 aliphatic rings. The molecule has 0 saturated heterocycles. The zero-order valence-electron chi connectivity index (χ0n) is 26.2. The van der Waals surface area contributed by atoms with Crippen molar-refractivity contribution < 1.29 is 24.6 Å². The van der Waals surface area contributed by atoms with Crippen molar-refractivity contribution in [3.63, 3.8) is 0 Å². The Kier molecular flexibility index (Phi) is 12.7. The predicted octanol–water partition coefficient (Wildman–Crippen LogP) is 1.08. The molecule has 3 heterocycles. The van der Waals surface area contributed by atoms with Gasteiger partial charge >= 0.3 is 23.3 Å². The first-order valence-corrected chi connectivity index (χ1v) is 14.4. The zero-order chi connectivity index (χ0) is 35.7. The van der Waals surface area contributed by atoms with Crippen LogP contribution in [0.1, 0.15) is 29.2 Å². The van der Waals surface area contributed by atoms with Gasteiger partial charge in [0, 0.05) is 48.3 Å². The van der Waals surface area contributed by atoms with E-state index in [1.165, 1.54) is 44.7 Å². The fourth-order valence-corrected chi connectivity index (χ4v) is 4.61. The number of halogens is 1. The van der Waals surface area contributed by atoms with Crippen molar-refractivity contribution in [2.75, 3.05) is 0 Å². The Balaban J connectivity index is 0.000000292. The highest BCUT2D eigenvalue weighted by atomic mass is 35.5. The molecule has 1 unspecified atom stereocenters. The van der Waals surface area contributed by atoms with Crippen LogP contribution in [0.25, 0.3) is 11.4 Å². The number of carbonyl (C=O) groups is 3. The van der Waals surface area contributed by atoms with Gasteiger partial charge in [0.05, 0.1) is 23.8 Å². The minimum atomic E-state index is -1.08. The molecule has 9 N–H and O–H groups in total. The number of carbonyl (C=O) groups excluding carboxylic acids is 1. The number of carboxylic acid groups (broad SMARTS) is 2. The average Bonchev–Trinajstić information content (AvgIpc) is 3.61. The van der Waals surface area contributed by atoms with Gasteiger partial charge in [-0.25, -0.2) is 9.59 Å². The van der Waals surface area contributed by atoms with Crippen molar-refractivity contribution >= 4 is 41.9 Å². The summed E-state index contributed by atoms with van der Waals surface area (Å²) in [6, 6.07) is 15.6.